The van der Waals surface area contributed by atoms with Crippen LogP contribution in [0.5, 0.6) is 0 Å². The lowest BCUT2D eigenvalue weighted by molar-refractivity contribution is -0.195. The molecule has 0 bridgehead atoms. The molecule has 1 atom stereocenters. The molecule has 0 aromatic rings. The highest BCUT2D eigenvalue weighted by atomic mass is 32.2. The summed E-state index contributed by atoms with van der Waals surface area (Å²) >= 11 is 0. The first-order valence-corrected chi connectivity index (χ1v) is 5.25. The monoisotopic (exact) mass is 237 g/mol. The number of hydrogen-bond donors (Lipinski definition) is 1. The van der Waals surface area contributed by atoms with Gasteiger partial charge in [-0.2, -0.15) is 8.42 Å². The Bertz CT molecular complexity index is 425. The molecule has 1 saturated heterocycles. The van der Waals surface area contributed by atoms with Gasteiger partial charge in [0.15, 0.2) is 5.25 Å². The molecule has 15 heavy (non-hydrogen) atoms. The number of carbonyl (C=O) groups excluding carboxylic acids is 3. The summed E-state index contributed by atoms with van der Waals surface area (Å²) in [6, 6.07) is 0. The van der Waals surface area contributed by atoms with E-state index in [2.05, 4.69) is 4.84 Å². The van der Waals surface area contributed by atoms with Crippen LogP contribution < -0.4 is 0 Å². The van der Waals surface area contributed by atoms with Crippen molar-refractivity contribution in [1.29, 1.82) is 0 Å². The minimum absolute atomic E-state index is 0.0424. The Morgan fingerprint density at radius 2 is 2.07 bits per heavy atom. The van der Waals surface area contributed by atoms with Crippen molar-refractivity contribution in [1.82, 2.24) is 5.06 Å². The average molecular weight is 237 g/mol. The van der Waals surface area contributed by atoms with Crippen LogP contribution >= 0.6 is 0 Å². The van der Waals surface area contributed by atoms with Crippen molar-refractivity contribution in [2.24, 2.45) is 0 Å². The first-order valence-electron chi connectivity index (χ1n) is 3.75. The second-order valence-corrected chi connectivity index (χ2v) is 4.42. The Labute approximate surface area is 84.5 Å². The molecule has 0 aromatic carbocycles. The number of imide groups is 1. The van der Waals surface area contributed by atoms with Gasteiger partial charge >= 0.3 is 5.97 Å². The van der Waals surface area contributed by atoms with Crippen molar-refractivity contribution in [3.8, 4) is 0 Å². The minimum Gasteiger partial charge on any atom is -0.331 e. The van der Waals surface area contributed by atoms with Gasteiger partial charge in [0.1, 0.15) is 0 Å². The highest BCUT2D eigenvalue weighted by molar-refractivity contribution is 7.87. The molecule has 2 amide bonds. The average Bonchev–Trinajstić information content (AvgIpc) is 2.30. The fourth-order valence-corrected chi connectivity index (χ4v) is 1.74. The molecule has 9 heteroatoms. The van der Waals surface area contributed by atoms with E-state index in [1.807, 2.05) is 0 Å². The van der Waals surface area contributed by atoms with E-state index in [4.69, 9.17) is 4.55 Å². The molecule has 84 valence electrons. The van der Waals surface area contributed by atoms with E-state index in [9.17, 15) is 22.8 Å². The van der Waals surface area contributed by atoms with E-state index >= 15 is 0 Å². The molecule has 1 rings (SSSR count). The Hall–Kier alpha value is -1.48. The summed E-state index contributed by atoms with van der Waals surface area (Å²) in [6.07, 6.45) is -0.731. The number of amides is 2. The molecule has 0 radical (unpaired) electrons. The Morgan fingerprint density at radius 1 is 1.53 bits per heavy atom. The lowest BCUT2D eigenvalue weighted by Gasteiger charge is -2.10. The molecule has 0 saturated carbocycles. The lowest BCUT2D eigenvalue weighted by atomic mass is 10.4. The molecule has 1 heterocycles. The molecule has 1 unspecified atom stereocenters. The fraction of sp³-hybridized carbons (Fsp3) is 0.500. The molecule has 1 N–H and O–H groups in total. The van der Waals surface area contributed by atoms with Gasteiger partial charge in [-0.3, -0.25) is 14.1 Å². The smallest absolute Gasteiger partial charge is 0.330 e. The topological polar surface area (TPSA) is 118 Å². The van der Waals surface area contributed by atoms with E-state index in [0.29, 0.717) is 0 Å². The van der Waals surface area contributed by atoms with Crippen LogP contribution in [0, 0.1) is 0 Å². The van der Waals surface area contributed by atoms with Gasteiger partial charge in [0.05, 0.1) is 6.42 Å². The zero-order valence-electron chi connectivity index (χ0n) is 7.54. The number of rotatable bonds is 2. The number of hydroxylamine groups is 2. The summed E-state index contributed by atoms with van der Waals surface area (Å²) in [4.78, 5) is 36.9. The number of carbonyl (C=O) groups is 3. The summed E-state index contributed by atoms with van der Waals surface area (Å²) in [5.74, 6) is -3.19. The Morgan fingerprint density at radius 3 is 2.40 bits per heavy atom. The van der Waals surface area contributed by atoms with Crippen LogP contribution in [0.25, 0.3) is 0 Å². The first kappa shape index (κ1) is 11.6. The summed E-state index contributed by atoms with van der Waals surface area (Å²) in [6.45, 7) is 0.946. The maximum atomic E-state index is 11.2. The fourth-order valence-electron chi connectivity index (χ4n) is 1.04. The summed E-state index contributed by atoms with van der Waals surface area (Å²) in [5.41, 5.74) is 0. The summed E-state index contributed by atoms with van der Waals surface area (Å²) < 4.78 is 29.9. The van der Waals surface area contributed by atoms with E-state index in [0.717, 1.165) is 6.92 Å². The van der Waals surface area contributed by atoms with Crippen molar-refractivity contribution in [3.63, 3.8) is 0 Å². The van der Waals surface area contributed by atoms with Crippen molar-refractivity contribution in [3.05, 3.63) is 0 Å². The predicted octanol–water partition coefficient (Wildman–Crippen LogP) is -1.52. The molecule has 1 aliphatic heterocycles. The second kappa shape index (κ2) is 3.59. The quantitative estimate of drug-likeness (QED) is 0.457. The SMILES string of the molecule is CC(=O)ON1C(=O)CC(S(=O)(=O)O)C1=O. The third kappa shape index (κ3) is 2.30. The van der Waals surface area contributed by atoms with Gasteiger partial charge in [0, 0.05) is 6.92 Å². The van der Waals surface area contributed by atoms with Crippen LogP contribution in [0.2, 0.25) is 0 Å². The van der Waals surface area contributed by atoms with Crippen molar-refractivity contribution in [2.75, 3.05) is 0 Å². The summed E-state index contributed by atoms with van der Waals surface area (Å²) in [5, 5.41) is -1.84. The van der Waals surface area contributed by atoms with Crippen molar-refractivity contribution in [2.45, 2.75) is 18.6 Å². The van der Waals surface area contributed by atoms with Crippen LogP contribution in [0.15, 0.2) is 0 Å². The molecule has 1 aliphatic rings. The highest BCUT2D eigenvalue weighted by Gasteiger charge is 2.48. The maximum Gasteiger partial charge on any atom is 0.330 e. The molecule has 0 aromatic heterocycles. The zero-order chi connectivity index (χ0) is 11.8. The van der Waals surface area contributed by atoms with Crippen LogP contribution in [-0.4, -0.2) is 41.1 Å². The zero-order valence-corrected chi connectivity index (χ0v) is 8.35. The van der Waals surface area contributed by atoms with Gasteiger partial charge in [0.2, 0.25) is 0 Å². The third-order valence-electron chi connectivity index (χ3n) is 1.64. The van der Waals surface area contributed by atoms with Gasteiger partial charge in [-0.25, -0.2) is 4.79 Å². The lowest BCUT2D eigenvalue weighted by Crippen LogP contribution is -2.36. The second-order valence-electron chi connectivity index (χ2n) is 2.82. The van der Waals surface area contributed by atoms with Crippen LogP contribution in [-0.2, 0) is 29.3 Å². The Kier molecular flexibility index (Phi) is 2.77. The van der Waals surface area contributed by atoms with E-state index in [1.54, 1.807) is 0 Å². The van der Waals surface area contributed by atoms with Gasteiger partial charge in [-0.15, -0.1) is 5.06 Å². The Balaban J connectivity index is 2.94. The molecule has 0 aliphatic carbocycles. The van der Waals surface area contributed by atoms with Crippen LogP contribution in [0.1, 0.15) is 13.3 Å². The van der Waals surface area contributed by atoms with E-state index in [-0.39, 0.29) is 5.06 Å². The molecule has 0 spiro atoms. The van der Waals surface area contributed by atoms with E-state index < -0.39 is 39.6 Å². The largest absolute Gasteiger partial charge is 0.331 e. The van der Waals surface area contributed by atoms with Crippen molar-refractivity contribution >= 4 is 27.9 Å². The number of hydrogen-bond acceptors (Lipinski definition) is 6. The summed E-state index contributed by atoms with van der Waals surface area (Å²) in [7, 11) is -4.66. The molecule has 1 fully saturated rings. The van der Waals surface area contributed by atoms with Gasteiger partial charge in [-0.05, 0) is 0 Å². The molecular formula is C6H7NO7S. The van der Waals surface area contributed by atoms with Gasteiger partial charge < -0.3 is 4.84 Å². The van der Waals surface area contributed by atoms with Crippen LogP contribution in [0.4, 0.5) is 0 Å². The molecular weight excluding hydrogens is 230 g/mol. The van der Waals surface area contributed by atoms with Crippen LogP contribution in [0.3, 0.4) is 0 Å². The maximum absolute atomic E-state index is 11.2. The highest BCUT2D eigenvalue weighted by Crippen LogP contribution is 2.19. The van der Waals surface area contributed by atoms with E-state index in [1.165, 1.54) is 0 Å². The number of nitrogens with zero attached hydrogens (tertiary/aromatic N) is 1. The standard InChI is InChI=1S/C6H7NO7S/c1-3(8)14-7-5(9)2-4(6(7)10)15(11,12)13/h4H,2H2,1H3,(H,11,12,13). The normalized spacial score (nSPS) is 22.0. The first-order chi connectivity index (χ1) is 6.73. The van der Waals surface area contributed by atoms with Crippen molar-refractivity contribution < 1.29 is 32.2 Å². The minimum atomic E-state index is -4.66. The van der Waals surface area contributed by atoms with Gasteiger partial charge in [-0.1, -0.05) is 0 Å². The molecule has 8 nitrogen and oxygen atoms in total. The third-order valence-corrected chi connectivity index (χ3v) is 2.73. The predicted molar refractivity (Wildman–Crippen MR) is 43.6 cm³/mol. The van der Waals surface area contributed by atoms with Gasteiger partial charge in [0.25, 0.3) is 21.9 Å².